The van der Waals surface area contributed by atoms with E-state index >= 15 is 0 Å². The summed E-state index contributed by atoms with van der Waals surface area (Å²) < 4.78 is 5.37. The maximum atomic E-state index is 10.4. The Morgan fingerprint density at radius 3 is 2.64 bits per heavy atom. The number of benzene rings is 2. The third-order valence-electron chi connectivity index (χ3n) is 4.31. The van der Waals surface area contributed by atoms with Gasteiger partial charge in [0.15, 0.2) is 0 Å². The Hall–Kier alpha value is -1.68. The van der Waals surface area contributed by atoms with Gasteiger partial charge in [-0.05, 0) is 23.1 Å². The Bertz CT molecular complexity index is 599. The van der Waals surface area contributed by atoms with Crippen LogP contribution >= 0.6 is 0 Å². The molecular formula is C19H23NO2. The van der Waals surface area contributed by atoms with Gasteiger partial charge in [-0.3, -0.25) is 0 Å². The SMILES string of the molecule is COCC(Cc1ccccc1)N[C@H]1c2ccccc2C[C@H]1O. The average molecular weight is 297 g/mol. The van der Waals surface area contributed by atoms with Gasteiger partial charge >= 0.3 is 0 Å². The number of hydrogen-bond acceptors (Lipinski definition) is 3. The van der Waals surface area contributed by atoms with Crippen molar-refractivity contribution in [1.82, 2.24) is 5.32 Å². The summed E-state index contributed by atoms with van der Waals surface area (Å²) in [5.41, 5.74) is 3.73. The zero-order valence-corrected chi connectivity index (χ0v) is 12.9. The number of rotatable bonds is 6. The van der Waals surface area contributed by atoms with Gasteiger partial charge in [-0.15, -0.1) is 0 Å². The lowest BCUT2D eigenvalue weighted by Gasteiger charge is -2.25. The molecule has 0 aromatic heterocycles. The maximum Gasteiger partial charge on any atom is 0.0775 e. The van der Waals surface area contributed by atoms with Gasteiger partial charge in [0.25, 0.3) is 0 Å². The van der Waals surface area contributed by atoms with E-state index in [-0.39, 0.29) is 18.2 Å². The van der Waals surface area contributed by atoms with E-state index < -0.39 is 0 Å². The Morgan fingerprint density at radius 2 is 1.86 bits per heavy atom. The van der Waals surface area contributed by atoms with Crippen molar-refractivity contribution < 1.29 is 9.84 Å². The molecular weight excluding hydrogens is 274 g/mol. The minimum atomic E-state index is -0.368. The Morgan fingerprint density at radius 1 is 1.14 bits per heavy atom. The monoisotopic (exact) mass is 297 g/mol. The summed E-state index contributed by atoms with van der Waals surface area (Å²) >= 11 is 0. The first-order valence-electron chi connectivity index (χ1n) is 7.82. The number of aliphatic hydroxyl groups excluding tert-OH is 1. The zero-order chi connectivity index (χ0) is 15.4. The van der Waals surface area contributed by atoms with Crippen molar-refractivity contribution in [3.63, 3.8) is 0 Å². The third-order valence-corrected chi connectivity index (χ3v) is 4.31. The van der Waals surface area contributed by atoms with E-state index in [1.165, 1.54) is 16.7 Å². The molecule has 3 heteroatoms. The molecule has 0 aliphatic heterocycles. The highest BCUT2D eigenvalue weighted by atomic mass is 16.5. The number of methoxy groups -OCH3 is 1. The van der Waals surface area contributed by atoms with Gasteiger partial charge in [-0.25, -0.2) is 0 Å². The van der Waals surface area contributed by atoms with Crippen LogP contribution in [0.2, 0.25) is 0 Å². The largest absolute Gasteiger partial charge is 0.391 e. The highest BCUT2D eigenvalue weighted by Crippen LogP contribution is 2.31. The van der Waals surface area contributed by atoms with Crippen LogP contribution in [0.25, 0.3) is 0 Å². The molecule has 0 saturated heterocycles. The summed E-state index contributed by atoms with van der Waals surface area (Å²) in [6.45, 7) is 0.625. The van der Waals surface area contributed by atoms with Crippen LogP contribution in [-0.2, 0) is 17.6 Å². The molecule has 2 aromatic carbocycles. The lowest BCUT2D eigenvalue weighted by atomic mass is 10.0. The van der Waals surface area contributed by atoms with Crippen LogP contribution < -0.4 is 5.32 Å². The summed E-state index contributed by atoms with van der Waals surface area (Å²) in [6.07, 6.45) is 1.24. The fraction of sp³-hybridized carbons (Fsp3) is 0.368. The molecule has 2 N–H and O–H groups in total. The van der Waals surface area contributed by atoms with Crippen LogP contribution in [0.3, 0.4) is 0 Å². The number of aliphatic hydroxyl groups is 1. The molecule has 3 rings (SSSR count). The van der Waals surface area contributed by atoms with Crippen molar-refractivity contribution in [2.45, 2.75) is 31.0 Å². The van der Waals surface area contributed by atoms with Crippen LogP contribution in [0, 0.1) is 0 Å². The predicted octanol–water partition coefficient (Wildman–Crippen LogP) is 2.49. The van der Waals surface area contributed by atoms with Crippen LogP contribution in [-0.4, -0.2) is 31.0 Å². The summed E-state index contributed by atoms with van der Waals surface area (Å²) in [5.74, 6) is 0. The van der Waals surface area contributed by atoms with Crippen molar-refractivity contribution in [1.29, 1.82) is 0 Å². The molecule has 2 aromatic rings. The molecule has 0 fully saturated rings. The molecule has 0 saturated carbocycles. The van der Waals surface area contributed by atoms with Gasteiger partial charge in [0.05, 0.1) is 18.8 Å². The van der Waals surface area contributed by atoms with Crippen LogP contribution in [0.5, 0.6) is 0 Å². The van der Waals surface area contributed by atoms with E-state index in [0.29, 0.717) is 6.61 Å². The number of hydrogen-bond donors (Lipinski definition) is 2. The molecule has 22 heavy (non-hydrogen) atoms. The van der Waals surface area contributed by atoms with Crippen LogP contribution in [0.4, 0.5) is 0 Å². The van der Waals surface area contributed by atoms with Crippen LogP contribution in [0.15, 0.2) is 54.6 Å². The highest BCUT2D eigenvalue weighted by molar-refractivity contribution is 5.36. The average Bonchev–Trinajstić information content (AvgIpc) is 2.85. The van der Waals surface area contributed by atoms with Gasteiger partial charge in [-0.2, -0.15) is 0 Å². The Labute approximate surface area is 131 Å². The van der Waals surface area contributed by atoms with Crippen molar-refractivity contribution in [2.24, 2.45) is 0 Å². The first kappa shape index (κ1) is 15.2. The predicted molar refractivity (Wildman–Crippen MR) is 87.8 cm³/mol. The normalized spacial score (nSPS) is 21.5. The molecule has 0 spiro atoms. The Kier molecular flexibility index (Phi) is 4.88. The molecule has 116 valence electrons. The lowest BCUT2D eigenvalue weighted by molar-refractivity contribution is 0.112. The van der Waals surface area contributed by atoms with Crippen LogP contribution in [0.1, 0.15) is 22.7 Å². The third kappa shape index (κ3) is 3.38. The number of nitrogens with one attached hydrogen (secondary N) is 1. The van der Waals surface area contributed by atoms with E-state index in [2.05, 4.69) is 41.7 Å². The molecule has 3 atom stereocenters. The summed E-state index contributed by atoms with van der Waals surface area (Å²) in [4.78, 5) is 0. The van der Waals surface area contributed by atoms with E-state index in [1.807, 2.05) is 18.2 Å². The van der Waals surface area contributed by atoms with Gasteiger partial charge in [0, 0.05) is 19.6 Å². The summed E-state index contributed by atoms with van der Waals surface area (Å²) in [5, 5.41) is 14.0. The smallest absolute Gasteiger partial charge is 0.0775 e. The van der Waals surface area contributed by atoms with Gasteiger partial charge in [-0.1, -0.05) is 54.6 Å². The van der Waals surface area contributed by atoms with Gasteiger partial charge in [0.1, 0.15) is 0 Å². The maximum absolute atomic E-state index is 10.4. The van der Waals surface area contributed by atoms with E-state index in [0.717, 1.165) is 12.8 Å². The first-order chi connectivity index (χ1) is 10.8. The topological polar surface area (TPSA) is 41.5 Å². The van der Waals surface area contributed by atoms with E-state index in [4.69, 9.17) is 4.74 Å². The second-order valence-electron chi connectivity index (χ2n) is 5.96. The van der Waals surface area contributed by atoms with Crippen molar-refractivity contribution >= 4 is 0 Å². The van der Waals surface area contributed by atoms with Crippen molar-refractivity contribution in [2.75, 3.05) is 13.7 Å². The molecule has 0 bridgehead atoms. The first-order valence-corrected chi connectivity index (χ1v) is 7.82. The fourth-order valence-corrected chi connectivity index (χ4v) is 3.29. The zero-order valence-electron chi connectivity index (χ0n) is 12.9. The highest BCUT2D eigenvalue weighted by Gasteiger charge is 2.32. The molecule has 0 radical (unpaired) electrons. The number of fused-ring (bicyclic) bond motifs is 1. The minimum Gasteiger partial charge on any atom is -0.391 e. The fourth-order valence-electron chi connectivity index (χ4n) is 3.29. The summed E-state index contributed by atoms with van der Waals surface area (Å²) in [7, 11) is 1.72. The molecule has 1 aliphatic rings. The minimum absolute atomic E-state index is 0.0138. The van der Waals surface area contributed by atoms with Gasteiger partial charge < -0.3 is 15.2 Å². The molecule has 1 unspecified atom stereocenters. The summed E-state index contributed by atoms with van der Waals surface area (Å²) in [6, 6.07) is 18.8. The standard InChI is InChI=1S/C19H23NO2/c1-22-13-16(11-14-7-3-2-4-8-14)20-19-17-10-6-5-9-15(17)12-18(19)21/h2-10,16,18-21H,11-13H2,1H3/t16?,18-,19+/m1/s1. The molecule has 3 nitrogen and oxygen atoms in total. The molecule has 1 aliphatic carbocycles. The number of ether oxygens (including phenoxy) is 1. The van der Waals surface area contributed by atoms with Crippen molar-refractivity contribution in [3.05, 3.63) is 71.3 Å². The van der Waals surface area contributed by atoms with Crippen molar-refractivity contribution in [3.8, 4) is 0 Å². The van der Waals surface area contributed by atoms with E-state index in [9.17, 15) is 5.11 Å². The Balaban J connectivity index is 1.73. The molecule has 0 amide bonds. The second kappa shape index (κ2) is 7.05. The molecule has 0 heterocycles. The van der Waals surface area contributed by atoms with Gasteiger partial charge in [0.2, 0.25) is 0 Å². The quantitative estimate of drug-likeness (QED) is 0.861. The van der Waals surface area contributed by atoms with E-state index in [1.54, 1.807) is 7.11 Å². The lowest BCUT2D eigenvalue weighted by Crippen LogP contribution is -2.41. The second-order valence-corrected chi connectivity index (χ2v) is 5.96.